The van der Waals surface area contributed by atoms with Gasteiger partial charge < -0.3 is 32.3 Å². The summed E-state index contributed by atoms with van der Waals surface area (Å²) < 4.78 is 27.3. The molecule has 0 saturated heterocycles. The Hall–Kier alpha value is -3.35. The van der Waals surface area contributed by atoms with E-state index in [1.807, 2.05) is 32.0 Å². The molecule has 1 heterocycles. The average Bonchev–Trinajstić information content (AvgIpc) is 3.16. The Morgan fingerprint density at radius 2 is 1.80 bits per heavy atom. The molecule has 0 aromatic heterocycles. The molecule has 12 heteroatoms. The number of nitrogens with zero attached hydrogens (tertiary/aromatic N) is 1. The lowest BCUT2D eigenvalue weighted by Gasteiger charge is -2.28. The summed E-state index contributed by atoms with van der Waals surface area (Å²) in [5.74, 6) is -1.82. The molecule has 35 heavy (non-hydrogen) atoms. The predicted octanol–water partition coefficient (Wildman–Crippen LogP) is 0.702. The van der Waals surface area contributed by atoms with E-state index in [2.05, 4.69) is 10.6 Å². The summed E-state index contributed by atoms with van der Waals surface area (Å²) in [5, 5.41) is 25.6. The van der Waals surface area contributed by atoms with Crippen LogP contribution in [0.5, 0.6) is 11.5 Å². The molecular formula is C23H31N5O6S. The molecule has 8 N–H and O–H groups in total. The molecule has 3 rings (SSSR count). The zero-order valence-corrected chi connectivity index (χ0v) is 20.4. The van der Waals surface area contributed by atoms with Crippen molar-refractivity contribution in [2.75, 3.05) is 11.9 Å². The third-order valence-corrected chi connectivity index (χ3v) is 7.59. The molecule has 2 aromatic rings. The molecule has 0 radical (unpaired) electrons. The van der Waals surface area contributed by atoms with Gasteiger partial charge in [-0.1, -0.05) is 6.07 Å². The number of carbonyl (C=O) groups excluding carboxylic acids is 2. The molecule has 0 bridgehead atoms. The highest BCUT2D eigenvalue weighted by Crippen LogP contribution is 2.35. The standard InChI is InChI=1S/C23H31N5O6S/c1-23(2,7-8-26-22(32)18(24)11-21(25)31)27-16-4-3-14-12-28(13-15(14)9-16)35(33,34)20-6-5-17(29)10-19(20)30/h3-6,9-10,18,27,29-30H,7-8,11-13,24H2,1-2H3,(H2,25,31)(H,26,32)/t18-/m1/s1. The first-order valence-corrected chi connectivity index (χ1v) is 12.5. The fraction of sp³-hybridized carbons (Fsp3) is 0.391. The van der Waals surface area contributed by atoms with Crippen molar-refractivity contribution in [2.45, 2.75) is 56.3 Å². The van der Waals surface area contributed by atoms with Crippen molar-refractivity contribution in [3.05, 3.63) is 47.5 Å². The normalized spacial score (nSPS) is 14.8. The summed E-state index contributed by atoms with van der Waals surface area (Å²) in [6.07, 6.45) is 0.335. The Morgan fingerprint density at radius 1 is 1.11 bits per heavy atom. The predicted molar refractivity (Wildman–Crippen MR) is 130 cm³/mol. The number of amides is 2. The molecule has 1 aliphatic heterocycles. The van der Waals surface area contributed by atoms with E-state index in [4.69, 9.17) is 11.5 Å². The second-order valence-corrected chi connectivity index (χ2v) is 11.1. The zero-order valence-electron chi connectivity index (χ0n) is 19.6. The van der Waals surface area contributed by atoms with Crippen molar-refractivity contribution < 1.29 is 28.2 Å². The molecule has 11 nitrogen and oxygen atoms in total. The minimum atomic E-state index is -3.96. The number of benzene rings is 2. The van der Waals surface area contributed by atoms with Gasteiger partial charge in [-0.3, -0.25) is 9.59 Å². The van der Waals surface area contributed by atoms with E-state index in [-0.39, 0.29) is 30.2 Å². The number of aromatic hydroxyl groups is 2. The number of fused-ring (bicyclic) bond motifs is 1. The lowest BCUT2D eigenvalue weighted by molar-refractivity contribution is -0.126. The first-order valence-electron chi connectivity index (χ1n) is 11.0. The summed E-state index contributed by atoms with van der Waals surface area (Å²) in [6.45, 7) is 4.56. The van der Waals surface area contributed by atoms with Gasteiger partial charge >= 0.3 is 0 Å². The second-order valence-electron chi connectivity index (χ2n) is 9.24. The van der Waals surface area contributed by atoms with E-state index in [1.54, 1.807) is 0 Å². The quantitative estimate of drug-likeness (QED) is 0.272. The Balaban J connectivity index is 1.62. The number of nitrogens with two attached hydrogens (primary N) is 2. The van der Waals surface area contributed by atoms with Crippen LogP contribution in [0.4, 0.5) is 5.69 Å². The maximum Gasteiger partial charge on any atom is 0.247 e. The Morgan fingerprint density at radius 3 is 2.46 bits per heavy atom. The van der Waals surface area contributed by atoms with Crippen LogP contribution in [0.3, 0.4) is 0 Å². The van der Waals surface area contributed by atoms with E-state index >= 15 is 0 Å². The van der Waals surface area contributed by atoms with Crippen molar-refractivity contribution in [3.63, 3.8) is 0 Å². The summed E-state index contributed by atoms with van der Waals surface area (Å²) in [4.78, 5) is 22.6. The van der Waals surface area contributed by atoms with Gasteiger partial charge in [0, 0.05) is 36.9 Å². The fourth-order valence-electron chi connectivity index (χ4n) is 3.87. The van der Waals surface area contributed by atoms with Crippen LogP contribution in [0.2, 0.25) is 0 Å². The van der Waals surface area contributed by atoms with Gasteiger partial charge in [0.1, 0.15) is 16.4 Å². The number of nitrogens with one attached hydrogen (secondary N) is 2. The number of carbonyl (C=O) groups is 2. The molecular weight excluding hydrogens is 474 g/mol. The number of phenols is 2. The highest BCUT2D eigenvalue weighted by molar-refractivity contribution is 7.89. The van der Waals surface area contributed by atoms with E-state index in [0.29, 0.717) is 13.0 Å². The monoisotopic (exact) mass is 505 g/mol. The Bertz CT molecular complexity index is 1230. The van der Waals surface area contributed by atoms with E-state index in [0.717, 1.165) is 22.9 Å². The van der Waals surface area contributed by atoms with Gasteiger partial charge in [-0.15, -0.1) is 0 Å². The van der Waals surface area contributed by atoms with E-state index < -0.39 is 39.2 Å². The number of anilines is 1. The topological polar surface area (TPSA) is 188 Å². The Labute approximate surface area is 204 Å². The molecule has 0 unspecified atom stereocenters. The molecule has 190 valence electrons. The Kier molecular flexibility index (Phi) is 7.58. The summed E-state index contributed by atoms with van der Waals surface area (Å²) in [6, 6.07) is 7.99. The molecule has 1 aliphatic rings. The summed E-state index contributed by atoms with van der Waals surface area (Å²) in [5.41, 5.74) is 12.8. The summed E-state index contributed by atoms with van der Waals surface area (Å²) in [7, 11) is -3.96. The van der Waals surface area contributed by atoms with Crippen molar-refractivity contribution in [3.8, 4) is 11.5 Å². The first kappa shape index (κ1) is 26.3. The van der Waals surface area contributed by atoms with Crippen LogP contribution in [-0.4, -0.2) is 52.9 Å². The first-order chi connectivity index (χ1) is 16.3. The van der Waals surface area contributed by atoms with Gasteiger partial charge in [0.15, 0.2) is 0 Å². The maximum atomic E-state index is 13.0. The highest BCUT2D eigenvalue weighted by atomic mass is 32.2. The number of phenolic OH excluding ortho intramolecular Hbond substituents is 2. The second kappa shape index (κ2) is 10.1. The minimum absolute atomic E-state index is 0.141. The van der Waals surface area contributed by atoms with Crippen molar-refractivity contribution in [1.82, 2.24) is 9.62 Å². The zero-order chi connectivity index (χ0) is 26.0. The molecule has 2 amide bonds. The third-order valence-electron chi connectivity index (χ3n) is 5.75. The average molecular weight is 506 g/mol. The van der Waals surface area contributed by atoms with Crippen LogP contribution in [0, 0.1) is 0 Å². The van der Waals surface area contributed by atoms with Crippen LogP contribution in [-0.2, 0) is 32.7 Å². The van der Waals surface area contributed by atoms with Crippen LogP contribution in [0.15, 0.2) is 41.3 Å². The SMILES string of the molecule is CC(C)(CCNC(=O)[C@H](N)CC(N)=O)Nc1ccc2c(c1)CN(S(=O)(=O)c1ccc(O)cc1O)C2. The molecule has 0 aliphatic carbocycles. The van der Waals surface area contributed by atoms with Crippen molar-refractivity contribution >= 4 is 27.5 Å². The van der Waals surface area contributed by atoms with Gasteiger partial charge in [0.05, 0.1) is 12.5 Å². The van der Waals surface area contributed by atoms with Gasteiger partial charge in [-0.2, -0.15) is 4.31 Å². The van der Waals surface area contributed by atoms with E-state index in [1.165, 1.54) is 16.4 Å². The van der Waals surface area contributed by atoms with Crippen molar-refractivity contribution in [2.24, 2.45) is 11.5 Å². The molecule has 0 spiro atoms. The van der Waals surface area contributed by atoms with Crippen LogP contribution in [0.1, 0.15) is 37.8 Å². The minimum Gasteiger partial charge on any atom is -0.508 e. The lowest BCUT2D eigenvalue weighted by atomic mass is 9.99. The third kappa shape index (κ3) is 6.41. The lowest BCUT2D eigenvalue weighted by Crippen LogP contribution is -2.45. The van der Waals surface area contributed by atoms with Gasteiger partial charge in [0.25, 0.3) is 0 Å². The summed E-state index contributed by atoms with van der Waals surface area (Å²) >= 11 is 0. The largest absolute Gasteiger partial charge is 0.508 e. The molecule has 1 atom stereocenters. The van der Waals surface area contributed by atoms with Crippen LogP contribution >= 0.6 is 0 Å². The van der Waals surface area contributed by atoms with Crippen LogP contribution in [0.25, 0.3) is 0 Å². The van der Waals surface area contributed by atoms with Crippen LogP contribution < -0.4 is 22.1 Å². The van der Waals surface area contributed by atoms with Crippen molar-refractivity contribution in [1.29, 1.82) is 0 Å². The molecule has 0 fully saturated rings. The number of hydrogen-bond donors (Lipinski definition) is 6. The molecule has 2 aromatic carbocycles. The van der Waals surface area contributed by atoms with Gasteiger partial charge in [0.2, 0.25) is 21.8 Å². The highest BCUT2D eigenvalue weighted by Gasteiger charge is 2.33. The van der Waals surface area contributed by atoms with Gasteiger partial charge in [-0.05, 0) is 55.7 Å². The van der Waals surface area contributed by atoms with E-state index in [9.17, 15) is 28.2 Å². The maximum absolute atomic E-state index is 13.0. The number of primary amides is 1. The smallest absolute Gasteiger partial charge is 0.247 e. The van der Waals surface area contributed by atoms with Gasteiger partial charge in [-0.25, -0.2) is 8.42 Å². The number of sulfonamides is 1. The molecule has 0 saturated carbocycles. The number of rotatable bonds is 10. The number of hydrogen-bond acceptors (Lipinski definition) is 8. The fourth-order valence-corrected chi connectivity index (χ4v) is 5.33.